The highest BCUT2D eigenvalue weighted by molar-refractivity contribution is 5.73. The van der Waals surface area contributed by atoms with Crippen LogP contribution in [-0.2, 0) is 9.53 Å². The highest BCUT2D eigenvalue weighted by atomic mass is 19.4. The highest BCUT2D eigenvalue weighted by Gasteiger charge is 2.46. The van der Waals surface area contributed by atoms with Gasteiger partial charge in [0.15, 0.2) is 0 Å². The van der Waals surface area contributed by atoms with Crippen LogP contribution in [0.5, 0.6) is 0 Å². The molecule has 0 bridgehead atoms. The van der Waals surface area contributed by atoms with Crippen LogP contribution < -0.4 is 11.1 Å². The van der Waals surface area contributed by atoms with E-state index in [9.17, 15) is 18.0 Å². The minimum atomic E-state index is -4.41. The zero-order valence-electron chi connectivity index (χ0n) is 9.91. The van der Waals surface area contributed by atoms with Crippen molar-refractivity contribution in [2.45, 2.75) is 44.3 Å². The van der Waals surface area contributed by atoms with Gasteiger partial charge < -0.3 is 15.6 Å². The summed E-state index contributed by atoms with van der Waals surface area (Å²) in [5.74, 6) is -2.98. The second-order valence-corrected chi connectivity index (χ2v) is 4.57. The van der Waals surface area contributed by atoms with Gasteiger partial charge in [-0.05, 0) is 19.8 Å². The Bertz CT molecular complexity index is 297. The molecule has 0 amide bonds. The Kier molecular flexibility index (Phi) is 4.94. The molecule has 1 saturated heterocycles. The van der Waals surface area contributed by atoms with Gasteiger partial charge >= 0.3 is 12.1 Å². The summed E-state index contributed by atoms with van der Waals surface area (Å²) in [6, 6.07) is -1.57. The first-order valence-electron chi connectivity index (χ1n) is 5.63. The number of halogens is 3. The van der Waals surface area contributed by atoms with Crippen molar-refractivity contribution in [2.24, 2.45) is 11.7 Å². The summed E-state index contributed by atoms with van der Waals surface area (Å²) >= 11 is 0. The molecule has 0 saturated carbocycles. The number of alkyl halides is 3. The first kappa shape index (κ1) is 15.2. The van der Waals surface area contributed by atoms with Gasteiger partial charge in [0.2, 0.25) is 0 Å². The molecule has 106 valence electrons. The fourth-order valence-electron chi connectivity index (χ4n) is 1.82. The van der Waals surface area contributed by atoms with E-state index in [1.807, 2.05) is 0 Å². The van der Waals surface area contributed by atoms with Crippen molar-refractivity contribution < 1.29 is 27.8 Å². The molecule has 8 heteroatoms. The lowest BCUT2D eigenvalue weighted by Crippen LogP contribution is -2.53. The molecule has 1 heterocycles. The lowest BCUT2D eigenvalue weighted by Gasteiger charge is -2.35. The quantitative estimate of drug-likeness (QED) is 0.700. The summed E-state index contributed by atoms with van der Waals surface area (Å²) in [5, 5.41) is 11.3. The van der Waals surface area contributed by atoms with Crippen LogP contribution >= 0.6 is 0 Å². The predicted molar refractivity (Wildman–Crippen MR) is 56.7 cm³/mol. The molecule has 4 unspecified atom stereocenters. The molecule has 5 nitrogen and oxygen atoms in total. The summed E-state index contributed by atoms with van der Waals surface area (Å²) in [4.78, 5) is 10.8. The van der Waals surface area contributed by atoms with Gasteiger partial charge in [0.05, 0.1) is 12.5 Å². The highest BCUT2D eigenvalue weighted by Crippen LogP contribution is 2.36. The fraction of sp³-hybridized carbons (Fsp3) is 0.900. The fourth-order valence-corrected chi connectivity index (χ4v) is 1.82. The van der Waals surface area contributed by atoms with Crippen molar-refractivity contribution in [3.63, 3.8) is 0 Å². The molecule has 18 heavy (non-hydrogen) atoms. The van der Waals surface area contributed by atoms with Crippen LogP contribution in [0.25, 0.3) is 0 Å². The number of carboxylic acid groups (broad SMARTS) is 1. The van der Waals surface area contributed by atoms with Gasteiger partial charge in [0.25, 0.3) is 0 Å². The van der Waals surface area contributed by atoms with Gasteiger partial charge in [-0.15, -0.1) is 0 Å². The number of nitrogens with one attached hydrogen (secondary N) is 1. The number of piperidine rings is 1. The van der Waals surface area contributed by atoms with Crippen LogP contribution in [-0.4, -0.2) is 42.2 Å². The van der Waals surface area contributed by atoms with Crippen LogP contribution in [0.3, 0.4) is 0 Å². The standard InChI is InChI=1S/C10H17F3N2O3/c1-5(14)4-18-8-3-6(10(11,12)13)2-7(15-8)9(16)17/h5-8,15H,2-4,14H2,1H3,(H,16,17). The van der Waals surface area contributed by atoms with Gasteiger partial charge in [-0.3, -0.25) is 10.1 Å². The molecule has 1 fully saturated rings. The van der Waals surface area contributed by atoms with E-state index in [1.165, 1.54) is 0 Å². The Labute approximate surface area is 102 Å². The second-order valence-electron chi connectivity index (χ2n) is 4.57. The Balaban J connectivity index is 2.65. The van der Waals surface area contributed by atoms with Gasteiger partial charge in [0, 0.05) is 6.04 Å². The molecule has 0 aromatic carbocycles. The minimum Gasteiger partial charge on any atom is -0.480 e. The van der Waals surface area contributed by atoms with Crippen molar-refractivity contribution in [1.29, 1.82) is 0 Å². The number of hydrogen-bond acceptors (Lipinski definition) is 4. The van der Waals surface area contributed by atoms with E-state index in [1.54, 1.807) is 6.92 Å². The molecular weight excluding hydrogens is 253 g/mol. The summed E-state index contributed by atoms with van der Waals surface area (Å²) in [6.07, 6.45) is -6.11. The van der Waals surface area contributed by atoms with E-state index in [0.717, 1.165) is 0 Å². The topological polar surface area (TPSA) is 84.6 Å². The predicted octanol–water partition coefficient (Wildman–Crippen LogP) is 0.691. The Morgan fingerprint density at radius 3 is 2.61 bits per heavy atom. The number of ether oxygens (including phenoxy) is 1. The van der Waals surface area contributed by atoms with Gasteiger partial charge in [-0.2, -0.15) is 13.2 Å². The molecule has 0 spiro atoms. The average molecular weight is 270 g/mol. The van der Waals surface area contributed by atoms with Crippen LogP contribution in [0.15, 0.2) is 0 Å². The first-order chi connectivity index (χ1) is 8.20. The van der Waals surface area contributed by atoms with E-state index in [4.69, 9.17) is 15.6 Å². The van der Waals surface area contributed by atoms with Gasteiger partial charge in [0.1, 0.15) is 12.3 Å². The van der Waals surface area contributed by atoms with Crippen molar-refractivity contribution in [3.05, 3.63) is 0 Å². The van der Waals surface area contributed by atoms with E-state index in [0.29, 0.717) is 0 Å². The smallest absolute Gasteiger partial charge is 0.392 e. The van der Waals surface area contributed by atoms with Gasteiger partial charge in [-0.25, -0.2) is 0 Å². The van der Waals surface area contributed by atoms with Crippen LogP contribution in [0.1, 0.15) is 19.8 Å². The first-order valence-corrected chi connectivity index (χ1v) is 5.63. The third-order valence-corrected chi connectivity index (χ3v) is 2.73. The maximum Gasteiger partial charge on any atom is 0.392 e. The average Bonchev–Trinajstić information content (AvgIpc) is 2.24. The van der Waals surface area contributed by atoms with E-state index >= 15 is 0 Å². The number of nitrogens with two attached hydrogens (primary N) is 1. The molecule has 0 aromatic rings. The van der Waals surface area contributed by atoms with Gasteiger partial charge in [-0.1, -0.05) is 0 Å². The van der Waals surface area contributed by atoms with Crippen LogP contribution in [0.2, 0.25) is 0 Å². The molecule has 4 atom stereocenters. The second kappa shape index (κ2) is 5.85. The summed E-state index contributed by atoms with van der Waals surface area (Å²) in [5.41, 5.74) is 5.43. The summed E-state index contributed by atoms with van der Waals surface area (Å²) < 4.78 is 43.1. The zero-order chi connectivity index (χ0) is 13.9. The van der Waals surface area contributed by atoms with E-state index in [-0.39, 0.29) is 19.1 Å². The molecule has 1 rings (SSSR count). The van der Waals surface area contributed by atoms with Crippen LogP contribution in [0.4, 0.5) is 13.2 Å². The largest absolute Gasteiger partial charge is 0.480 e. The number of aliphatic carboxylic acids is 1. The van der Waals surface area contributed by atoms with Crippen molar-refractivity contribution in [3.8, 4) is 0 Å². The molecule has 1 aliphatic rings. The Hall–Kier alpha value is -0.860. The maximum atomic E-state index is 12.6. The molecule has 0 aromatic heterocycles. The maximum absolute atomic E-state index is 12.6. The minimum absolute atomic E-state index is 0.0780. The van der Waals surface area contributed by atoms with Crippen molar-refractivity contribution >= 4 is 5.97 Å². The number of rotatable bonds is 4. The third kappa shape index (κ3) is 4.43. The summed E-state index contributed by atoms with van der Waals surface area (Å²) in [7, 11) is 0. The summed E-state index contributed by atoms with van der Waals surface area (Å²) in [6.45, 7) is 1.73. The number of hydrogen-bond donors (Lipinski definition) is 3. The lowest BCUT2D eigenvalue weighted by atomic mass is 9.91. The molecule has 1 aliphatic heterocycles. The number of carboxylic acids is 1. The van der Waals surface area contributed by atoms with E-state index < -0.39 is 36.8 Å². The monoisotopic (exact) mass is 270 g/mol. The number of carbonyl (C=O) groups is 1. The lowest BCUT2D eigenvalue weighted by molar-refractivity contribution is -0.199. The van der Waals surface area contributed by atoms with E-state index in [2.05, 4.69) is 5.32 Å². The van der Waals surface area contributed by atoms with Crippen LogP contribution in [0, 0.1) is 5.92 Å². The van der Waals surface area contributed by atoms with Crippen molar-refractivity contribution in [2.75, 3.05) is 6.61 Å². The molecule has 0 radical (unpaired) electrons. The van der Waals surface area contributed by atoms with Crippen molar-refractivity contribution in [1.82, 2.24) is 5.32 Å². The SMILES string of the molecule is CC(N)COC1CC(C(F)(F)F)CC(C(=O)O)N1. The zero-order valence-corrected chi connectivity index (χ0v) is 9.91. The normalized spacial score (nSPS) is 31.1. The Morgan fingerprint density at radius 1 is 1.56 bits per heavy atom. The molecule has 0 aliphatic carbocycles. The Morgan fingerprint density at radius 2 is 2.17 bits per heavy atom. The molecule has 4 N–H and O–H groups in total. The molecular formula is C10H17F3N2O3. The third-order valence-electron chi connectivity index (χ3n) is 2.73.